The fourth-order valence-corrected chi connectivity index (χ4v) is 1.97. The van der Waals surface area contributed by atoms with Crippen molar-refractivity contribution in [1.82, 2.24) is 0 Å². The SMILES string of the molecule is CCCCC(Oc1ccc(SC)cc1)C(=O)OC. The van der Waals surface area contributed by atoms with Crippen LogP contribution in [0.25, 0.3) is 0 Å². The Hall–Kier alpha value is -1.16. The number of carbonyl (C=O) groups is 1. The standard InChI is InChI=1S/C14H20O3S/c1-4-5-6-13(14(15)16-2)17-11-7-9-12(18-3)10-8-11/h7-10,13H,4-6H2,1-3H3. The molecule has 100 valence electrons. The molecule has 0 saturated carbocycles. The largest absolute Gasteiger partial charge is 0.479 e. The summed E-state index contributed by atoms with van der Waals surface area (Å²) in [4.78, 5) is 12.8. The number of hydrogen-bond donors (Lipinski definition) is 0. The highest BCUT2D eigenvalue weighted by atomic mass is 32.2. The van der Waals surface area contributed by atoms with Crippen LogP contribution in [-0.2, 0) is 9.53 Å². The summed E-state index contributed by atoms with van der Waals surface area (Å²) in [6.45, 7) is 2.08. The van der Waals surface area contributed by atoms with Crippen molar-refractivity contribution in [1.29, 1.82) is 0 Å². The van der Waals surface area contributed by atoms with Crippen LogP contribution >= 0.6 is 11.8 Å². The highest BCUT2D eigenvalue weighted by Gasteiger charge is 2.20. The summed E-state index contributed by atoms with van der Waals surface area (Å²) in [5, 5.41) is 0. The van der Waals surface area contributed by atoms with Crippen LogP contribution in [0.3, 0.4) is 0 Å². The van der Waals surface area contributed by atoms with Crippen molar-refractivity contribution in [3.05, 3.63) is 24.3 Å². The summed E-state index contributed by atoms with van der Waals surface area (Å²) < 4.78 is 10.4. The van der Waals surface area contributed by atoms with Gasteiger partial charge in [0.1, 0.15) is 5.75 Å². The summed E-state index contributed by atoms with van der Waals surface area (Å²) in [5.41, 5.74) is 0. The van der Waals surface area contributed by atoms with Gasteiger partial charge >= 0.3 is 5.97 Å². The molecule has 0 N–H and O–H groups in total. The van der Waals surface area contributed by atoms with Gasteiger partial charge in [0, 0.05) is 4.90 Å². The zero-order valence-electron chi connectivity index (χ0n) is 11.1. The van der Waals surface area contributed by atoms with Gasteiger partial charge in [-0.15, -0.1) is 11.8 Å². The minimum absolute atomic E-state index is 0.308. The van der Waals surface area contributed by atoms with Crippen molar-refractivity contribution in [2.75, 3.05) is 13.4 Å². The number of benzene rings is 1. The van der Waals surface area contributed by atoms with Gasteiger partial charge in [-0.1, -0.05) is 13.3 Å². The number of methoxy groups -OCH3 is 1. The van der Waals surface area contributed by atoms with E-state index in [1.807, 2.05) is 30.5 Å². The van der Waals surface area contributed by atoms with E-state index in [1.165, 1.54) is 12.0 Å². The van der Waals surface area contributed by atoms with Crippen LogP contribution in [0.2, 0.25) is 0 Å². The van der Waals surface area contributed by atoms with Crippen LogP contribution in [0.15, 0.2) is 29.2 Å². The number of rotatable bonds is 7. The lowest BCUT2D eigenvalue weighted by Gasteiger charge is -2.16. The molecular formula is C14H20O3S. The Morgan fingerprint density at radius 3 is 2.50 bits per heavy atom. The number of thioether (sulfide) groups is 1. The maximum absolute atomic E-state index is 11.6. The van der Waals surface area contributed by atoms with Gasteiger partial charge < -0.3 is 9.47 Å². The molecule has 0 aliphatic rings. The van der Waals surface area contributed by atoms with Gasteiger partial charge in [0.05, 0.1) is 7.11 Å². The van der Waals surface area contributed by atoms with Crippen LogP contribution in [0.4, 0.5) is 0 Å². The van der Waals surface area contributed by atoms with E-state index in [1.54, 1.807) is 11.8 Å². The first-order valence-corrected chi connectivity index (χ1v) is 7.32. The Balaban J connectivity index is 2.65. The Labute approximate surface area is 113 Å². The quantitative estimate of drug-likeness (QED) is 0.560. The van der Waals surface area contributed by atoms with E-state index < -0.39 is 6.10 Å². The molecule has 0 spiro atoms. The Bertz CT molecular complexity index is 362. The Morgan fingerprint density at radius 2 is 2.00 bits per heavy atom. The third-order valence-electron chi connectivity index (χ3n) is 2.62. The summed E-state index contributed by atoms with van der Waals surface area (Å²) in [6.07, 6.45) is 4.18. The first-order chi connectivity index (χ1) is 8.71. The molecule has 4 heteroatoms. The molecule has 1 atom stereocenters. The lowest BCUT2D eigenvalue weighted by Crippen LogP contribution is -2.28. The van der Waals surface area contributed by atoms with Crippen LogP contribution < -0.4 is 4.74 Å². The van der Waals surface area contributed by atoms with Gasteiger partial charge in [-0.25, -0.2) is 4.79 Å². The second kappa shape index (κ2) is 8.03. The maximum atomic E-state index is 11.6. The predicted molar refractivity (Wildman–Crippen MR) is 74.2 cm³/mol. The van der Waals surface area contributed by atoms with Gasteiger partial charge in [0.2, 0.25) is 0 Å². The number of hydrogen-bond acceptors (Lipinski definition) is 4. The molecule has 0 radical (unpaired) electrons. The van der Waals surface area contributed by atoms with Gasteiger partial charge in [0.15, 0.2) is 6.10 Å². The fraction of sp³-hybridized carbons (Fsp3) is 0.500. The van der Waals surface area contributed by atoms with Gasteiger partial charge in [0.25, 0.3) is 0 Å². The van der Waals surface area contributed by atoms with Crippen molar-refractivity contribution in [3.8, 4) is 5.75 Å². The van der Waals surface area contributed by atoms with Gasteiger partial charge in [-0.2, -0.15) is 0 Å². The smallest absolute Gasteiger partial charge is 0.347 e. The van der Waals surface area contributed by atoms with E-state index in [0.717, 1.165) is 12.8 Å². The molecule has 1 aromatic rings. The van der Waals surface area contributed by atoms with E-state index in [0.29, 0.717) is 12.2 Å². The van der Waals surface area contributed by atoms with Crippen LogP contribution in [0.1, 0.15) is 26.2 Å². The average Bonchev–Trinajstić information content (AvgIpc) is 2.43. The first-order valence-electron chi connectivity index (χ1n) is 6.09. The van der Waals surface area contributed by atoms with Crippen molar-refractivity contribution in [2.24, 2.45) is 0 Å². The Kier molecular flexibility index (Phi) is 6.65. The molecule has 0 heterocycles. The van der Waals surface area contributed by atoms with Gasteiger partial charge in [-0.05, 0) is 43.4 Å². The number of unbranched alkanes of at least 4 members (excludes halogenated alkanes) is 1. The third-order valence-corrected chi connectivity index (χ3v) is 3.37. The fourth-order valence-electron chi connectivity index (χ4n) is 1.56. The topological polar surface area (TPSA) is 35.5 Å². The second-order valence-corrected chi connectivity index (χ2v) is 4.83. The lowest BCUT2D eigenvalue weighted by atomic mass is 10.1. The molecular weight excluding hydrogens is 248 g/mol. The summed E-state index contributed by atoms with van der Waals surface area (Å²) in [6, 6.07) is 7.73. The minimum atomic E-state index is -0.505. The molecule has 3 nitrogen and oxygen atoms in total. The summed E-state index contributed by atoms with van der Waals surface area (Å²) in [5.74, 6) is 0.400. The maximum Gasteiger partial charge on any atom is 0.347 e. The molecule has 0 amide bonds. The Morgan fingerprint density at radius 1 is 1.33 bits per heavy atom. The van der Waals surface area contributed by atoms with E-state index in [-0.39, 0.29) is 5.97 Å². The van der Waals surface area contributed by atoms with Gasteiger partial charge in [-0.3, -0.25) is 0 Å². The van der Waals surface area contributed by atoms with Crippen LogP contribution in [0, 0.1) is 0 Å². The summed E-state index contributed by atoms with van der Waals surface area (Å²) >= 11 is 1.67. The number of esters is 1. The van der Waals surface area contributed by atoms with Crippen molar-refractivity contribution in [2.45, 2.75) is 37.2 Å². The van der Waals surface area contributed by atoms with E-state index >= 15 is 0 Å². The summed E-state index contributed by atoms with van der Waals surface area (Å²) in [7, 11) is 1.39. The first kappa shape index (κ1) is 14.9. The molecule has 18 heavy (non-hydrogen) atoms. The molecule has 1 rings (SSSR count). The minimum Gasteiger partial charge on any atom is -0.479 e. The molecule has 1 unspecified atom stereocenters. The monoisotopic (exact) mass is 268 g/mol. The normalized spacial score (nSPS) is 11.9. The molecule has 0 aliphatic carbocycles. The average molecular weight is 268 g/mol. The molecule has 0 saturated heterocycles. The molecule has 0 fully saturated rings. The highest BCUT2D eigenvalue weighted by molar-refractivity contribution is 7.98. The van der Waals surface area contributed by atoms with Crippen molar-refractivity contribution in [3.63, 3.8) is 0 Å². The zero-order chi connectivity index (χ0) is 13.4. The molecule has 0 aromatic heterocycles. The molecule has 0 aliphatic heterocycles. The molecule has 0 bridgehead atoms. The van der Waals surface area contributed by atoms with Crippen molar-refractivity contribution < 1.29 is 14.3 Å². The third kappa shape index (κ3) is 4.61. The van der Waals surface area contributed by atoms with E-state index in [4.69, 9.17) is 9.47 Å². The van der Waals surface area contributed by atoms with E-state index in [9.17, 15) is 4.79 Å². The second-order valence-electron chi connectivity index (χ2n) is 3.95. The number of carbonyl (C=O) groups excluding carboxylic acids is 1. The lowest BCUT2D eigenvalue weighted by molar-refractivity contribution is -0.149. The van der Waals surface area contributed by atoms with E-state index in [2.05, 4.69) is 6.92 Å². The number of ether oxygens (including phenoxy) is 2. The van der Waals surface area contributed by atoms with Crippen LogP contribution in [-0.4, -0.2) is 25.4 Å². The van der Waals surface area contributed by atoms with Crippen LogP contribution in [0.5, 0.6) is 5.75 Å². The van der Waals surface area contributed by atoms with Crippen molar-refractivity contribution >= 4 is 17.7 Å². The predicted octanol–water partition coefficient (Wildman–Crippen LogP) is 3.52. The zero-order valence-corrected chi connectivity index (χ0v) is 12.0. The highest BCUT2D eigenvalue weighted by Crippen LogP contribution is 2.21. The molecule has 1 aromatic carbocycles.